The lowest BCUT2D eigenvalue weighted by atomic mass is 10.2. The summed E-state index contributed by atoms with van der Waals surface area (Å²) >= 11 is 0. The Balaban J connectivity index is 2.15. The predicted octanol–water partition coefficient (Wildman–Crippen LogP) is 2.86. The molecule has 1 aliphatic carbocycles. The molecular weight excluding hydrogens is 228 g/mol. The molecule has 0 aromatic carbocycles. The lowest BCUT2D eigenvalue weighted by molar-refractivity contribution is 0.0688. The summed E-state index contributed by atoms with van der Waals surface area (Å²) in [6.07, 6.45) is 5.94. The van der Waals surface area contributed by atoms with Gasteiger partial charge >= 0.3 is 5.97 Å². The van der Waals surface area contributed by atoms with Gasteiger partial charge in [-0.3, -0.25) is 4.40 Å². The van der Waals surface area contributed by atoms with Crippen LogP contribution in [0.5, 0.6) is 0 Å². The minimum absolute atomic E-state index is 0.314. The van der Waals surface area contributed by atoms with E-state index < -0.39 is 5.97 Å². The van der Waals surface area contributed by atoms with Crippen molar-refractivity contribution in [2.24, 2.45) is 0 Å². The van der Waals surface area contributed by atoms with Gasteiger partial charge in [-0.25, -0.2) is 9.78 Å². The zero-order chi connectivity index (χ0) is 12.7. The number of aryl methyl sites for hydroxylation is 1. The van der Waals surface area contributed by atoms with E-state index in [2.05, 4.69) is 4.98 Å². The molecule has 0 radical (unpaired) electrons. The van der Waals surface area contributed by atoms with Crippen molar-refractivity contribution in [2.75, 3.05) is 0 Å². The van der Waals surface area contributed by atoms with Gasteiger partial charge in [0.1, 0.15) is 5.65 Å². The van der Waals surface area contributed by atoms with Crippen LogP contribution >= 0.6 is 0 Å². The van der Waals surface area contributed by atoms with Gasteiger partial charge in [-0.1, -0.05) is 13.3 Å². The van der Waals surface area contributed by atoms with E-state index in [0.717, 1.165) is 12.1 Å². The minimum Gasteiger partial charge on any atom is -0.477 e. The molecule has 0 bridgehead atoms. The van der Waals surface area contributed by atoms with E-state index >= 15 is 0 Å². The number of hydrogen-bond acceptors (Lipinski definition) is 2. The minimum atomic E-state index is -0.898. The van der Waals surface area contributed by atoms with Gasteiger partial charge in [-0.2, -0.15) is 0 Å². The average molecular weight is 244 g/mol. The van der Waals surface area contributed by atoms with Crippen LogP contribution in [0.1, 0.15) is 53.8 Å². The normalized spacial score (nSPS) is 15.2. The molecule has 4 nitrogen and oxygen atoms in total. The van der Waals surface area contributed by atoms with Gasteiger partial charge in [0.25, 0.3) is 0 Å². The third kappa shape index (κ3) is 1.78. The molecule has 2 heterocycles. The van der Waals surface area contributed by atoms with E-state index in [1.165, 1.54) is 18.4 Å². The van der Waals surface area contributed by atoms with Gasteiger partial charge in [-0.05, 0) is 42.9 Å². The van der Waals surface area contributed by atoms with Crippen LogP contribution < -0.4 is 0 Å². The molecular formula is C14H16N2O2. The van der Waals surface area contributed by atoms with Crippen LogP contribution in [0.3, 0.4) is 0 Å². The Hall–Kier alpha value is -1.84. The highest BCUT2D eigenvalue weighted by atomic mass is 16.4. The quantitative estimate of drug-likeness (QED) is 0.899. The first-order chi connectivity index (χ1) is 8.70. The molecule has 0 amide bonds. The number of rotatable bonds is 4. The Morgan fingerprint density at radius 3 is 2.94 bits per heavy atom. The predicted molar refractivity (Wildman–Crippen MR) is 68.1 cm³/mol. The van der Waals surface area contributed by atoms with E-state index in [1.54, 1.807) is 4.40 Å². The number of carboxylic acids is 1. The van der Waals surface area contributed by atoms with Crippen molar-refractivity contribution in [3.8, 4) is 0 Å². The van der Waals surface area contributed by atoms with Gasteiger partial charge in [0, 0.05) is 6.20 Å². The molecule has 1 aliphatic rings. The summed E-state index contributed by atoms with van der Waals surface area (Å²) in [7, 11) is 0. The molecule has 18 heavy (non-hydrogen) atoms. The second-order valence-corrected chi connectivity index (χ2v) is 4.92. The number of fused-ring (bicyclic) bond motifs is 1. The van der Waals surface area contributed by atoms with Gasteiger partial charge in [0.15, 0.2) is 5.69 Å². The maximum absolute atomic E-state index is 11.3. The second kappa shape index (κ2) is 4.12. The number of imidazole rings is 1. The van der Waals surface area contributed by atoms with Crippen LogP contribution in [0.2, 0.25) is 0 Å². The number of carbonyl (C=O) groups is 1. The van der Waals surface area contributed by atoms with Crippen molar-refractivity contribution in [2.45, 2.75) is 38.5 Å². The van der Waals surface area contributed by atoms with Crippen molar-refractivity contribution >= 4 is 11.6 Å². The number of nitrogens with zero attached hydrogens (tertiary/aromatic N) is 2. The zero-order valence-electron chi connectivity index (χ0n) is 10.4. The van der Waals surface area contributed by atoms with Crippen LogP contribution in [0.15, 0.2) is 18.3 Å². The fraction of sp³-hybridized carbons (Fsp3) is 0.429. The number of carboxylic acid groups (broad SMARTS) is 1. The Morgan fingerprint density at radius 2 is 2.33 bits per heavy atom. The summed E-state index contributed by atoms with van der Waals surface area (Å²) in [5.74, 6) is -0.236. The topological polar surface area (TPSA) is 54.6 Å². The molecule has 1 fully saturated rings. The monoisotopic (exact) mass is 244 g/mol. The summed E-state index contributed by atoms with van der Waals surface area (Å²) < 4.78 is 1.69. The van der Waals surface area contributed by atoms with E-state index in [1.807, 2.05) is 25.3 Å². The molecule has 2 aromatic heterocycles. The first-order valence-corrected chi connectivity index (χ1v) is 6.45. The van der Waals surface area contributed by atoms with Crippen LogP contribution in [0.4, 0.5) is 0 Å². The number of pyridine rings is 1. The molecule has 4 heteroatoms. The standard InChI is InChI=1S/C14H16N2O2/c1-2-3-11-13(14(17)18)16-7-6-10(9-4-5-9)8-12(16)15-11/h6-9H,2-5H2,1H3,(H,17,18). The maximum atomic E-state index is 11.3. The van der Waals surface area contributed by atoms with Gasteiger partial charge in [0.05, 0.1) is 5.69 Å². The van der Waals surface area contributed by atoms with Crippen molar-refractivity contribution in [3.05, 3.63) is 35.3 Å². The fourth-order valence-corrected chi connectivity index (χ4v) is 2.42. The summed E-state index contributed by atoms with van der Waals surface area (Å²) in [4.78, 5) is 15.8. The van der Waals surface area contributed by atoms with E-state index in [-0.39, 0.29) is 0 Å². The van der Waals surface area contributed by atoms with E-state index in [0.29, 0.717) is 23.7 Å². The highest BCUT2D eigenvalue weighted by Gasteiger charge is 2.25. The van der Waals surface area contributed by atoms with E-state index in [4.69, 9.17) is 0 Å². The Labute approximate surface area is 105 Å². The first kappa shape index (κ1) is 11.3. The smallest absolute Gasteiger partial charge is 0.354 e. The van der Waals surface area contributed by atoms with Crippen LogP contribution in [-0.4, -0.2) is 20.5 Å². The fourth-order valence-electron chi connectivity index (χ4n) is 2.42. The number of aromatic carboxylic acids is 1. The molecule has 0 unspecified atom stereocenters. The number of hydrogen-bond donors (Lipinski definition) is 1. The lowest BCUT2D eigenvalue weighted by Crippen LogP contribution is -2.05. The largest absolute Gasteiger partial charge is 0.477 e. The molecule has 1 saturated carbocycles. The molecule has 94 valence electrons. The Bertz CT molecular complexity index is 612. The maximum Gasteiger partial charge on any atom is 0.354 e. The molecule has 0 atom stereocenters. The summed E-state index contributed by atoms with van der Waals surface area (Å²) in [5.41, 5.74) is 3.06. The zero-order valence-corrected chi connectivity index (χ0v) is 10.4. The van der Waals surface area contributed by atoms with E-state index in [9.17, 15) is 9.90 Å². The first-order valence-electron chi connectivity index (χ1n) is 6.45. The summed E-state index contributed by atoms with van der Waals surface area (Å²) in [6.45, 7) is 2.03. The highest BCUT2D eigenvalue weighted by molar-refractivity contribution is 5.88. The van der Waals surface area contributed by atoms with Gasteiger partial charge < -0.3 is 5.11 Å². The van der Waals surface area contributed by atoms with Crippen LogP contribution in [-0.2, 0) is 6.42 Å². The molecule has 2 aromatic rings. The Kier molecular flexibility index (Phi) is 2.58. The third-order valence-corrected chi connectivity index (χ3v) is 3.46. The third-order valence-electron chi connectivity index (χ3n) is 3.46. The van der Waals surface area contributed by atoms with Crippen LogP contribution in [0.25, 0.3) is 5.65 Å². The Morgan fingerprint density at radius 1 is 1.56 bits per heavy atom. The average Bonchev–Trinajstić information content (AvgIpc) is 3.10. The molecule has 0 aliphatic heterocycles. The molecule has 0 spiro atoms. The van der Waals surface area contributed by atoms with Crippen LogP contribution in [0, 0.1) is 0 Å². The van der Waals surface area contributed by atoms with Crippen molar-refractivity contribution in [3.63, 3.8) is 0 Å². The lowest BCUT2D eigenvalue weighted by Gasteiger charge is -2.01. The SMILES string of the molecule is CCCc1nc2cc(C3CC3)ccn2c1C(=O)O. The van der Waals surface area contributed by atoms with Gasteiger partial charge in [-0.15, -0.1) is 0 Å². The van der Waals surface area contributed by atoms with Gasteiger partial charge in [0.2, 0.25) is 0 Å². The summed E-state index contributed by atoms with van der Waals surface area (Å²) in [5, 5.41) is 9.31. The second-order valence-electron chi connectivity index (χ2n) is 4.92. The van der Waals surface area contributed by atoms with Crippen molar-refractivity contribution in [1.82, 2.24) is 9.38 Å². The van der Waals surface area contributed by atoms with Crippen molar-refractivity contribution < 1.29 is 9.90 Å². The molecule has 3 rings (SSSR count). The summed E-state index contributed by atoms with van der Waals surface area (Å²) in [6, 6.07) is 4.05. The molecule has 0 saturated heterocycles. The number of aromatic nitrogens is 2. The van der Waals surface area contributed by atoms with Crippen molar-refractivity contribution in [1.29, 1.82) is 0 Å². The highest BCUT2D eigenvalue weighted by Crippen LogP contribution is 2.40. The molecule has 1 N–H and O–H groups in total.